The number of benzene rings is 1. The number of thiophene rings is 1. The van der Waals surface area contributed by atoms with E-state index in [1.807, 2.05) is 12.1 Å². The van der Waals surface area contributed by atoms with Crippen molar-refractivity contribution >= 4 is 39.0 Å². The van der Waals surface area contributed by atoms with Gasteiger partial charge in [0.1, 0.15) is 17.0 Å². The molecule has 0 amide bonds. The van der Waals surface area contributed by atoms with E-state index in [1.54, 1.807) is 36.7 Å². The van der Waals surface area contributed by atoms with Gasteiger partial charge in [0, 0.05) is 10.6 Å². The van der Waals surface area contributed by atoms with Crippen LogP contribution in [0.3, 0.4) is 0 Å². The minimum atomic E-state index is -0.314. The number of carbonyl (C=O) groups excluding carboxylic acids is 1. The van der Waals surface area contributed by atoms with Gasteiger partial charge in [0.2, 0.25) is 0 Å². The van der Waals surface area contributed by atoms with Crippen LogP contribution in [0, 0.1) is 5.92 Å². The van der Waals surface area contributed by atoms with Crippen molar-refractivity contribution in [3.05, 3.63) is 46.6 Å². The Balaban J connectivity index is 1.70. The molecule has 0 radical (unpaired) electrons. The predicted octanol–water partition coefficient (Wildman–Crippen LogP) is 4.74. The molecule has 1 N–H and O–H groups in total. The normalized spacial score (nSPS) is 16.3. The number of anilines is 2. The summed E-state index contributed by atoms with van der Waals surface area (Å²) in [7, 11) is 0. The third-order valence-electron chi connectivity index (χ3n) is 4.73. The van der Waals surface area contributed by atoms with E-state index in [0.29, 0.717) is 12.2 Å². The summed E-state index contributed by atoms with van der Waals surface area (Å²) >= 11 is 1.78. The van der Waals surface area contributed by atoms with Crippen molar-refractivity contribution in [3.63, 3.8) is 0 Å². The summed E-state index contributed by atoms with van der Waals surface area (Å²) in [6, 6.07) is 7.33. The maximum atomic E-state index is 12.0. The van der Waals surface area contributed by atoms with Gasteiger partial charge in [-0.05, 0) is 55.9 Å². The first-order chi connectivity index (χ1) is 12.7. The number of hydrogen-bond acceptors (Lipinski definition) is 6. The lowest BCUT2D eigenvalue weighted by molar-refractivity contribution is 0.0526. The Morgan fingerprint density at radius 3 is 3.12 bits per heavy atom. The van der Waals surface area contributed by atoms with E-state index in [-0.39, 0.29) is 5.97 Å². The van der Waals surface area contributed by atoms with Crippen molar-refractivity contribution in [1.29, 1.82) is 0 Å². The number of hydrogen-bond donors (Lipinski definition) is 1. The first-order valence-electron chi connectivity index (χ1n) is 8.95. The smallest absolute Gasteiger partial charge is 0.338 e. The molecule has 5 nitrogen and oxygen atoms in total. The quantitative estimate of drug-likeness (QED) is 0.675. The summed E-state index contributed by atoms with van der Waals surface area (Å²) in [4.78, 5) is 23.4. The van der Waals surface area contributed by atoms with E-state index in [2.05, 4.69) is 22.2 Å². The van der Waals surface area contributed by atoms with Crippen LogP contribution in [0.15, 0.2) is 30.6 Å². The molecule has 1 atom stereocenters. The number of aromatic nitrogens is 2. The molecule has 1 aliphatic rings. The molecular weight excluding hydrogens is 346 g/mol. The van der Waals surface area contributed by atoms with Crippen LogP contribution in [0.2, 0.25) is 0 Å². The number of rotatable bonds is 4. The third kappa shape index (κ3) is 3.17. The van der Waals surface area contributed by atoms with E-state index < -0.39 is 0 Å². The fourth-order valence-corrected chi connectivity index (χ4v) is 4.80. The standard InChI is InChI=1S/C20H21N3O2S/c1-3-25-20(24)13-5-4-6-14(10-13)23-18-17-15-8-7-12(2)9-16(15)26-19(17)22-11-21-18/h4-6,10-12H,3,7-9H2,1-2H3,(H,21,22,23). The predicted molar refractivity (Wildman–Crippen MR) is 104 cm³/mol. The number of ether oxygens (including phenoxy) is 1. The highest BCUT2D eigenvalue weighted by Crippen LogP contribution is 2.40. The molecule has 0 saturated heterocycles. The summed E-state index contributed by atoms with van der Waals surface area (Å²) in [6.45, 7) is 4.47. The number of esters is 1. The maximum absolute atomic E-state index is 12.0. The van der Waals surface area contributed by atoms with Crippen molar-refractivity contribution in [3.8, 4) is 0 Å². The van der Waals surface area contributed by atoms with E-state index in [4.69, 9.17) is 4.74 Å². The van der Waals surface area contributed by atoms with Crippen molar-refractivity contribution in [2.75, 3.05) is 11.9 Å². The van der Waals surface area contributed by atoms with Gasteiger partial charge in [0.15, 0.2) is 0 Å². The number of fused-ring (bicyclic) bond motifs is 3. The molecule has 1 aromatic carbocycles. The second-order valence-corrected chi connectivity index (χ2v) is 7.76. The molecule has 0 spiro atoms. The molecule has 2 aromatic heterocycles. The van der Waals surface area contributed by atoms with Crippen LogP contribution in [-0.4, -0.2) is 22.5 Å². The lowest BCUT2D eigenvalue weighted by Crippen LogP contribution is -2.09. The Morgan fingerprint density at radius 1 is 1.38 bits per heavy atom. The molecule has 26 heavy (non-hydrogen) atoms. The van der Waals surface area contributed by atoms with E-state index in [0.717, 1.165) is 40.5 Å². The van der Waals surface area contributed by atoms with E-state index >= 15 is 0 Å². The largest absolute Gasteiger partial charge is 0.462 e. The molecular formula is C20H21N3O2S. The molecule has 0 aliphatic heterocycles. The molecule has 4 rings (SSSR count). The Labute approximate surface area is 156 Å². The van der Waals surface area contributed by atoms with E-state index in [9.17, 15) is 4.79 Å². The van der Waals surface area contributed by atoms with Crippen molar-refractivity contribution in [1.82, 2.24) is 9.97 Å². The van der Waals surface area contributed by atoms with Crippen molar-refractivity contribution in [2.45, 2.75) is 33.1 Å². The molecule has 1 aliphatic carbocycles. The molecule has 0 fully saturated rings. The summed E-state index contributed by atoms with van der Waals surface area (Å²) in [5.41, 5.74) is 2.73. The third-order valence-corrected chi connectivity index (χ3v) is 5.89. The lowest BCUT2D eigenvalue weighted by Gasteiger charge is -2.18. The second kappa shape index (κ2) is 7.03. The van der Waals surface area contributed by atoms with E-state index in [1.165, 1.54) is 16.9 Å². The van der Waals surface area contributed by atoms with Crippen LogP contribution in [0.4, 0.5) is 11.5 Å². The fourth-order valence-electron chi connectivity index (χ4n) is 3.44. The van der Waals surface area contributed by atoms with Gasteiger partial charge in [-0.25, -0.2) is 14.8 Å². The highest BCUT2D eigenvalue weighted by molar-refractivity contribution is 7.19. The molecule has 134 valence electrons. The second-order valence-electron chi connectivity index (χ2n) is 6.68. The summed E-state index contributed by atoms with van der Waals surface area (Å²) in [5, 5.41) is 4.51. The zero-order valence-corrected chi connectivity index (χ0v) is 15.7. The highest BCUT2D eigenvalue weighted by Gasteiger charge is 2.23. The van der Waals surface area contributed by atoms with Gasteiger partial charge in [0.25, 0.3) is 0 Å². The topological polar surface area (TPSA) is 64.1 Å². The SMILES string of the molecule is CCOC(=O)c1cccc(Nc2ncnc3sc4c(c23)CCC(C)C4)c1. The Hall–Kier alpha value is -2.47. The molecule has 6 heteroatoms. The number of aryl methyl sites for hydroxylation is 1. The van der Waals surface area contributed by atoms with Crippen molar-refractivity contribution < 1.29 is 9.53 Å². The van der Waals surface area contributed by atoms with Gasteiger partial charge >= 0.3 is 5.97 Å². The summed E-state index contributed by atoms with van der Waals surface area (Å²) < 4.78 is 5.08. The molecule has 1 unspecified atom stereocenters. The Kier molecular flexibility index (Phi) is 4.59. The Morgan fingerprint density at radius 2 is 2.27 bits per heavy atom. The zero-order valence-electron chi connectivity index (χ0n) is 14.9. The zero-order chi connectivity index (χ0) is 18.1. The van der Waals surface area contributed by atoms with Crippen LogP contribution in [0.25, 0.3) is 10.2 Å². The lowest BCUT2D eigenvalue weighted by atomic mass is 9.89. The molecule has 2 heterocycles. The van der Waals surface area contributed by atoms with Gasteiger partial charge < -0.3 is 10.1 Å². The average Bonchev–Trinajstić information content (AvgIpc) is 3.00. The van der Waals surface area contributed by atoms with Gasteiger partial charge in [-0.3, -0.25) is 0 Å². The molecule has 0 bridgehead atoms. The van der Waals surface area contributed by atoms with Crippen LogP contribution < -0.4 is 5.32 Å². The number of nitrogens with one attached hydrogen (secondary N) is 1. The Bertz CT molecular complexity index is 967. The first-order valence-corrected chi connectivity index (χ1v) is 9.76. The summed E-state index contributed by atoms with van der Waals surface area (Å²) in [6.07, 6.45) is 4.99. The number of nitrogens with zero attached hydrogens (tertiary/aromatic N) is 2. The summed E-state index contributed by atoms with van der Waals surface area (Å²) in [5.74, 6) is 1.22. The minimum absolute atomic E-state index is 0.314. The molecule has 0 saturated carbocycles. The minimum Gasteiger partial charge on any atom is -0.462 e. The van der Waals surface area contributed by atoms with Gasteiger partial charge in [-0.1, -0.05) is 13.0 Å². The average molecular weight is 367 g/mol. The monoisotopic (exact) mass is 367 g/mol. The highest BCUT2D eigenvalue weighted by atomic mass is 32.1. The van der Waals surface area contributed by atoms with Gasteiger partial charge in [0.05, 0.1) is 17.6 Å². The van der Waals surface area contributed by atoms with Crippen LogP contribution in [0.1, 0.15) is 41.1 Å². The van der Waals surface area contributed by atoms with Crippen LogP contribution in [-0.2, 0) is 17.6 Å². The van der Waals surface area contributed by atoms with Crippen LogP contribution >= 0.6 is 11.3 Å². The van der Waals surface area contributed by atoms with Crippen molar-refractivity contribution in [2.24, 2.45) is 5.92 Å². The van der Waals surface area contributed by atoms with Gasteiger partial charge in [-0.15, -0.1) is 11.3 Å². The van der Waals surface area contributed by atoms with Gasteiger partial charge in [-0.2, -0.15) is 0 Å². The number of carbonyl (C=O) groups is 1. The maximum Gasteiger partial charge on any atom is 0.338 e. The first kappa shape index (κ1) is 17.0. The molecule has 3 aromatic rings. The van der Waals surface area contributed by atoms with Crippen LogP contribution in [0.5, 0.6) is 0 Å². The fraction of sp³-hybridized carbons (Fsp3) is 0.350.